The number of rotatable bonds is 5. The van der Waals surface area contributed by atoms with Crippen molar-refractivity contribution < 1.29 is 19.1 Å². The quantitative estimate of drug-likeness (QED) is 0.430. The highest BCUT2D eigenvalue weighted by Crippen LogP contribution is 2.07. The summed E-state index contributed by atoms with van der Waals surface area (Å²) in [6.07, 6.45) is -1.18. The number of carbonyl (C=O) groups is 2. The molecular formula is C12H14O4. The molecule has 0 aliphatic carbocycles. The van der Waals surface area contributed by atoms with E-state index in [0.29, 0.717) is 5.56 Å². The van der Waals surface area contributed by atoms with Gasteiger partial charge < -0.3 is 9.47 Å². The van der Waals surface area contributed by atoms with Crippen molar-refractivity contribution >= 4 is 11.8 Å². The summed E-state index contributed by atoms with van der Waals surface area (Å²) >= 11 is 0. The van der Waals surface area contributed by atoms with Crippen LogP contribution in [0.4, 0.5) is 0 Å². The Morgan fingerprint density at radius 1 is 1.25 bits per heavy atom. The normalized spacial score (nSPS) is 11.9. The average Bonchev–Trinajstić information content (AvgIpc) is 2.31. The van der Waals surface area contributed by atoms with E-state index in [4.69, 9.17) is 9.47 Å². The van der Waals surface area contributed by atoms with E-state index >= 15 is 0 Å². The monoisotopic (exact) mass is 222 g/mol. The molecule has 1 aromatic rings. The molecule has 0 N–H and O–H groups in total. The van der Waals surface area contributed by atoms with E-state index in [1.807, 2.05) is 0 Å². The van der Waals surface area contributed by atoms with Gasteiger partial charge in [-0.15, -0.1) is 0 Å². The van der Waals surface area contributed by atoms with Crippen LogP contribution in [0.3, 0.4) is 0 Å². The van der Waals surface area contributed by atoms with Crippen LogP contribution < -0.4 is 0 Å². The molecule has 0 aliphatic heterocycles. The molecule has 1 rings (SSSR count). The van der Waals surface area contributed by atoms with Gasteiger partial charge in [-0.05, 0) is 6.92 Å². The van der Waals surface area contributed by atoms with E-state index in [1.54, 1.807) is 37.3 Å². The molecule has 0 unspecified atom stereocenters. The fourth-order valence-corrected chi connectivity index (χ4v) is 1.28. The van der Waals surface area contributed by atoms with Crippen molar-refractivity contribution in [1.82, 2.24) is 0 Å². The summed E-state index contributed by atoms with van der Waals surface area (Å²) in [5.41, 5.74) is 0.433. The van der Waals surface area contributed by atoms with Gasteiger partial charge in [-0.1, -0.05) is 30.3 Å². The fourth-order valence-electron chi connectivity index (χ4n) is 1.28. The summed E-state index contributed by atoms with van der Waals surface area (Å²) in [7, 11) is 1.31. The van der Waals surface area contributed by atoms with Crippen LogP contribution in [0.2, 0.25) is 0 Å². The van der Waals surface area contributed by atoms with Crippen LogP contribution in [-0.2, 0) is 14.3 Å². The molecular weight excluding hydrogens is 208 g/mol. The molecule has 0 amide bonds. The maximum Gasteiger partial charge on any atom is 0.343 e. The van der Waals surface area contributed by atoms with E-state index in [-0.39, 0.29) is 12.4 Å². The van der Waals surface area contributed by atoms with E-state index in [1.165, 1.54) is 7.11 Å². The van der Waals surface area contributed by atoms with Gasteiger partial charge in [0.15, 0.2) is 0 Å². The van der Waals surface area contributed by atoms with Crippen LogP contribution in [0.25, 0.3) is 0 Å². The first-order valence-corrected chi connectivity index (χ1v) is 4.99. The minimum Gasteiger partial charge on any atom is -0.464 e. The molecule has 1 aromatic carbocycles. The number of ketones is 1. The zero-order valence-electron chi connectivity index (χ0n) is 9.30. The molecule has 0 spiro atoms. The van der Waals surface area contributed by atoms with Gasteiger partial charge in [0.2, 0.25) is 11.9 Å². The average molecular weight is 222 g/mol. The van der Waals surface area contributed by atoms with E-state index in [0.717, 1.165) is 0 Å². The van der Waals surface area contributed by atoms with Gasteiger partial charge in [0.1, 0.15) is 0 Å². The summed E-state index contributed by atoms with van der Waals surface area (Å²) in [5, 5.41) is 0. The molecule has 1 atom stereocenters. The molecule has 0 saturated carbocycles. The highest BCUT2D eigenvalue weighted by molar-refractivity contribution is 6.11. The number of methoxy groups -OCH3 is 1. The third kappa shape index (κ3) is 2.90. The number of hydrogen-bond acceptors (Lipinski definition) is 4. The number of carbonyl (C=O) groups excluding carboxylic acids is 2. The van der Waals surface area contributed by atoms with E-state index in [9.17, 15) is 9.59 Å². The van der Waals surface area contributed by atoms with E-state index in [2.05, 4.69) is 0 Å². The molecule has 0 fully saturated rings. The highest BCUT2D eigenvalue weighted by Gasteiger charge is 2.28. The first-order valence-electron chi connectivity index (χ1n) is 4.99. The third-order valence-corrected chi connectivity index (χ3v) is 2.03. The van der Waals surface area contributed by atoms with Gasteiger partial charge in [0.05, 0.1) is 6.61 Å². The Kier molecular flexibility index (Phi) is 4.66. The summed E-state index contributed by atoms with van der Waals surface area (Å²) < 4.78 is 9.61. The van der Waals surface area contributed by atoms with Crippen LogP contribution in [0, 0.1) is 0 Å². The molecule has 0 radical (unpaired) electrons. The second kappa shape index (κ2) is 6.02. The first kappa shape index (κ1) is 12.4. The van der Waals surface area contributed by atoms with Gasteiger partial charge in [-0.25, -0.2) is 4.79 Å². The SMILES string of the molecule is CCOC(=O)[C@@H](OC)C(=O)c1ccccc1. The van der Waals surface area contributed by atoms with Gasteiger partial charge >= 0.3 is 5.97 Å². The van der Waals surface area contributed by atoms with Crippen molar-refractivity contribution in [1.29, 1.82) is 0 Å². The molecule has 0 aliphatic rings. The van der Waals surface area contributed by atoms with Gasteiger partial charge in [-0.2, -0.15) is 0 Å². The number of Topliss-reactive ketones (excluding diaryl/α,β-unsaturated/α-hetero) is 1. The standard InChI is InChI=1S/C12H14O4/c1-3-16-12(14)11(15-2)10(13)9-7-5-4-6-8-9/h4-8,11H,3H2,1-2H3/t11-/m0/s1. The Morgan fingerprint density at radius 2 is 1.88 bits per heavy atom. The lowest BCUT2D eigenvalue weighted by Gasteiger charge is -2.12. The Morgan fingerprint density at radius 3 is 2.38 bits per heavy atom. The zero-order valence-corrected chi connectivity index (χ0v) is 9.30. The maximum atomic E-state index is 11.9. The minimum atomic E-state index is -1.18. The van der Waals surface area contributed by atoms with Crippen LogP contribution in [0.5, 0.6) is 0 Å². The molecule has 0 bridgehead atoms. The van der Waals surface area contributed by atoms with E-state index < -0.39 is 12.1 Å². The molecule has 4 nitrogen and oxygen atoms in total. The lowest BCUT2D eigenvalue weighted by Crippen LogP contribution is -2.33. The third-order valence-electron chi connectivity index (χ3n) is 2.03. The lowest BCUT2D eigenvalue weighted by atomic mass is 10.1. The minimum absolute atomic E-state index is 0.223. The predicted molar refractivity (Wildman–Crippen MR) is 58.2 cm³/mol. The molecule has 0 aromatic heterocycles. The number of esters is 1. The van der Waals surface area contributed by atoms with Crippen molar-refractivity contribution in [3.8, 4) is 0 Å². The number of benzene rings is 1. The van der Waals surface area contributed by atoms with Crippen LogP contribution in [0.1, 0.15) is 17.3 Å². The van der Waals surface area contributed by atoms with Gasteiger partial charge in [-0.3, -0.25) is 4.79 Å². The topological polar surface area (TPSA) is 52.6 Å². The summed E-state index contributed by atoms with van der Waals surface area (Å²) in [4.78, 5) is 23.3. The Bertz CT molecular complexity index is 359. The van der Waals surface area contributed by atoms with Crippen LogP contribution in [0.15, 0.2) is 30.3 Å². The fraction of sp³-hybridized carbons (Fsp3) is 0.333. The second-order valence-corrected chi connectivity index (χ2v) is 3.10. The molecule has 4 heteroatoms. The molecule has 86 valence electrons. The highest BCUT2D eigenvalue weighted by atomic mass is 16.6. The Hall–Kier alpha value is -1.68. The maximum absolute atomic E-state index is 11.9. The Labute approximate surface area is 94.2 Å². The van der Waals surface area contributed by atoms with Crippen molar-refractivity contribution in [3.63, 3.8) is 0 Å². The van der Waals surface area contributed by atoms with Crippen molar-refractivity contribution in [3.05, 3.63) is 35.9 Å². The lowest BCUT2D eigenvalue weighted by molar-refractivity contribution is -0.151. The second-order valence-electron chi connectivity index (χ2n) is 3.10. The van der Waals surface area contributed by atoms with Crippen molar-refractivity contribution in [2.45, 2.75) is 13.0 Å². The zero-order chi connectivity index (χ0) is 12.0. The predicted octanol–water partition coefficient (Wildman–Crippen LogP) is 1.45. The van der Waals surface area contributed by atoms with Crippen molar-refractivity contribution in [2.24, 2.45) is 0 Å². The molecule has 16 heavy (non-hydrogen) atoms. The smallest absolute Gasteiger partial charge is 0.343 e. The first-order chi connectivity index (χ1) is 7.70. The molecule has 0 heterocycles. The Balaban J connectivity index is 2.82. The largest absolute Gasteiger partial charge is 0.464 e. The van der Waals surface area contributed by atoms with Crippen LogP contribution >= 0.6 is 0 Å². The molecule has 0 saturated heterocycles. The summed E-state index contributed by atoms with van der Waals surface area (Å²) in [5.74, 6) is -1.04. The summed E-state index contributed by atoms with van der Waals surface area (Å²) in [6, 6.07) is 8.51. The van der Waals surface area contributed by atoms with Crippen LogP contribution in [-0.4, -0.2) is 31.6 Å². The van der Waals surface area contributed by atoms with Crippen molar-refractivity contribution in [2.75, 3.05) is 13.7 Å². The summed E-state index contributed by atoms with van der Waals surface area (Å²) in [6.45, 7) is 1.90. The number of ether oxygens (including phenoxy) is 2. The van der Waals surface area contributed by atoms with Gasteiger partial charge in [0, 0.05) is 12.7 Å². The number of hydrogen-bond donors (Lipinski definition) is 0. The van der Waals surface area contributed by atoms with Gasteiger partial charge in [0.25, 0.3) is 0 Å².